The molecule has 0 N–H and O–H groups in total. The van der Waals surface area contributed by atoms with Gasteiger partial charge in [0.1, 0.15) is 0 Å². The summed E-state index contributed by atoms with van der Waals surface area (Å²) in [6.07, 6.45) is 8.81. The van der Waals surface area contributed by atoms with Crippen molar-refractivity contribution in [3.63, 3.8) is 0 Å². The van der Waals surface area contributed by atoms with Gasteiger partial charge in [-0.2, -0.15) is 0 Å². The van der Waals surface area contributed by atoms with Crippen LogP contribution in [0.15, 0.2) is 35.6 Å². The number of hydrogen-bond acceptors (Lipinski definition) is 2. The largest absolute Gasteiger partial charge is 0.269 e. The number of fused-ring (bicyclic) bond motifs is 3. The van der Waals surface area contributed by atoms with Gasteiger partial charge in [0.05, 0.1) is 11.1 Å². The number of aliphatic imine (C=N–C) groups is 1. The summed E-state index contributed by atoms with van der Waals surface area (Å²) in [5.74, 6) is 0. The molecule has 0 saturated carbocycles. The Balaban J connectivity index is 2.11. The maximum absolute atomic E-state index is 4.34. The summed E-state index contributed by atoms with van der Waals surface area (Å²) >= 11 is 0. The standard InChI is InChI=1S/C10H8N2/c1-2-8-9(12-5-1)10(8)3-6-11-7-4-10/h1-3,5-7H,4H2. The van der Waals surface area contributed by atoms with E-state index in [0.717, 1.165) is 6.42 Å². The number of allylic oxidation sites excluding steroid dienone is 1. The van der Waals surface area contributed by atoms with Gasteiger partial charge in [-0.25, -0.2) is 0 Å². The number of pyridine rings is 1. The summed E-state index contributed by atoms with van der Waals surface area (Å²) in [7, 11) is 0. The van der Waals surface area contributed by atoms with Crippen LogP contribution in [0.5, 0.6) is 0 Å². The molecule has 1 spiro atoms. The summed E-state index contributed by atoms with van der Waals surface area (Å²) in [5, 5.41) is 0. The average Bonchev–Trinajstić information content (AvgIpc) is 2.77. The Bertz CT molecular complexity index is 368. The fraction of sp³-hybridized carbons (Fsp3) is 0.200. The topological polar surface area (TPSA) is 25.2 Å². The van der Waals surface area contributed by atoms with Gasteiger partial charge in [0.15, 0.2) is 0 Å². The summed E-state index contributed by atoms with van der Waals surface area (Å²) in [5.41, 5.74) is 2.74. The summed E-state index contributed by atoms with van der Waals surface area (Å²) in [6, 6.07) is 4.14. The van der Waals surface area contributed by atoms with Crippen LogP contribution in [0.25, 0.3) is 0 Å². The summed E-state index contributed by atoms with van der Waals surface area (Å²) in [6.45, 7) is 0. The quantitative estimate of drug-likeness (QED) is 0.561. The predicted molar refractivity (Wildman–Crippen MR) is 47.3 cm³/mol. The van der Waals surface area contributed by atoms with Crippen LogP contribution in [0.2, 0.25) is 0 Å². The van der Waals surface area contributed by atoms with Crippen LogP contribution in [0.3, 0.4) is 0 Å². The van der Waals surface area contributed by atoms with E-state index in [2.05, 4.69) is 22.1 Å². The highest BCUT2D eigenvalue weighted by Crippen LogP contribution is 2.52. The van der Waals surface area contributed by atoms with Crippen LogP contribution < -0.4 is 0 Å². The molecular weight excluding hydrogens is 148 g/mol. The molecule has 12 heavy (non-hydrogen) atoms. The summed E-state index contributed by atoms with van der Waals surface area (Å²) in [4.78, 5) is 8.40. The van der Waals surface area contributed by atoms with Crippen LogP contribution in [-0.2, 0) is 5.41 Å². The fourth-order valence-electron chi connectivity index (χ4n) is 1.88. The molecule has 58 valence electrons. The van der Waals surface area contributed by atoms with Crippen molar-refractivity contribution in [2.75, 3.05) is 0 Å². The number of hydrogen-bond donors (Lipinski definition) is 0. The van der Waals surface area contributed by atoms with Crippen LogP contribution in [-0.4, -0.2) is 11.2 Å². The van der Waals surface area contributed by atoms with Gasteiger partial charge in [0.25, 0.3) is 0 Å². The maximum Gasteiger partial charge on any atom is 0.0643 e. The third-order valence-electron chi connectivity index (χ3n) is 2.61. The van der Waals surface area contributed by atoms with Crippen molar-refractivity contribution in [2.24, 2.45) is 4.99 Å². The van der Waals surface area contributed by atoms with Crippen LogP contribution in [0.1, 0.15) is 17.7 Å². The van der Waals surface area contributed by atoms with Crippen LogP contribution in [0.4, 0.5) is 0 Å². The van der Waals surface area contributed by atoms with Gasteiger partial charge in [-0.3, -0.25) is 9.98 Å². The first-order chi connectivity index (χ1) is 5.93. The lowest BCUT2D eigenvalue weighted by molar-refractivity contribution is 0.804. The predicted octanol–water partition coefficient (Wildman–Crippen LogP) is 1.67. The second-order valence-corrected chi connectivity index (χ2v) is 3.22. The molecule has 2 heteroatoms. The molecule has 2 nitrogen and oxygen atoms in total. The molecule has 1 aliphatic heterocycles. The molecule has 0 amide bonds. The first-order valence-corrected chi connectivity index (χ1v) is 4.09. The molecule has 1 aromatic rings. The number of nitrogens with zero attached hydrogens (tertiary/aromatic N) is 2. The molecule has 0 saturated heterocycles. The zero-order valence-corrected chi connectivity index (χ0v) is 6.57. The zero-order chi connectivity index (χ0) is 8.02. The van der Waals surface area contributed by atoms with E-state index in [1.807, 2.05) is 24.7 Å². The van der Waals surface area contributed by atoms with Gasteiger partial charge in [-0.15, -0.1) is 0 Å². The van der Waals surface area contributed by atoms with E-state index in [9.17, 15) is 0 Å². The first kappa shape index (κ1) is 6.12. The molecule has 0 radical (unpaired) electrons. The highest BCUT2D eigenvalue weighted by atomic mass is 14.8. The highest BCUT2D eigenvalue weighted by Gasteiger charge is 2.49. The SMILES string of the molecule is C1=CC2(CC=N1)c1cccnc12. The van der Waals surface area contributed by atoms with Crippen molar-refractivity contribution in [1.82, 2.24) is 4.98 Å². The van der Waals surface area contributed by atoms with E-state index in [1.54, 1.807) is 0 Å². The minimum atomic E-state index is 0.144. The molecule has 1 aromatic heterocycles. The second kappa shape index (κ2) is 1.83. The third-order valence-corrected chi connectivity index (χ3v) is 2.61. The second-order valence-electron chi connectivity index (χ2n) is 3.22. The van der Waals surface area contributed by atoms with Gasteiger partial charge < -0.3 is 0 Å². The van der Waals surface area contributed by atoms with E-state index < -0.39 is 0 Å². The van der Waals surface area contributed by atoms with E-state index in [-0.39, 0.29) is 5.41 Å². The minimum absolute atomic E-state index is 0.144. The maximum atomic E-state index is 4.34. The molecule has 0 fully saturated rings. The minimum Gasteiger partial charge on any atom is -0.269 e. The Morgan fingerprint density at radius 3 is 3.08 bits per heavy atom. The molecule has 0 aromatic carbocycles. The Kier molecular flexibility index (Phi) is 0.933. The lowest BCUT2D eigenvalue weighted by atomic mass is 9.97. The zero-order valence-electron chi connectivity index (χ0n) is 6.57. The molecule has 2 heterocycles. The Labute approximate surface area is 70.7 Å². The Morgan fingerprint density at radius 1 is 1.42 bits per heavy atom. The van der Waals surface area contributed by atoms with Crippen molar-refractivity contribution in [3.8, 4) is 0 Å². The van der Waals surface area contributed by atoms with Gasteiger partial charge in [0.2, 0.25) is 0 Å². The van der Waals surface area contributed by atoms with Gasteiger partial charge in [-0.1, -0.05) is 6.07 Å². The Hall–Kier alpha value is -1.44. The molecule has 1 atom stereocenters. The highest BCUT2D eigenvalue weighted by molar-refractivity contribution is 5.73. The van der Waals surface area contributed by atoms with E-state index in [1.165, 1.54) is 11.3 Å². The monoisotopic (exact) mass is 156 g/mol. The van der Waals surface area contributed by atoms with Crippen molar-refractivity contribution in [2.45, 2.75) is 11.8 Å². The van der Waals surface area contributed by atoms with Gasteiger partial charge >= 0.3 is 0 Å². The number of aromatic nitrogens is 1. The fourth-order valence-corrected chi connectivity index (χ4v) is 1.88. The molecule has 3 rings (SSSR count). The molecule has 2 aliphatic rings. The average molecular weight is 156 g/mol. The van der Waals surface area contributed by atoms with E-state index in [0.29, 0.717) is 0 Å². The van der Waals surface area contributed by atoms with Crippen molar-refractivity contribution < 1.29 is 0 Å². The first-order valence-electron chi connectivity index (χ1n) is 4.09. The number of rotatable bonds is 0. The van der Waals surface area contributed by atoms with E-state index in [4.69, 9.17) is 0 Å². The van der Waals surface area contributed by atoms with Crippen molar-refractivity contribution in [3.05, 3.63) is 41.9 Å². The van der Waals surface area contributed by atoms with E-state index >= 15 is 0 Å². The Morgan fingerprint density at radius 2 is 2.42 bits per heavy atom. The third kappa shape index (κ3) is 0.560. The molecule has 0 bridgehead atoms. The molecule has 1 aliphatic carbocycles. The molecule has 1 unspecified atom stereocenters. The summed E-state index contributed by atoms with van der Waals surface area (Å²) < 4.78 is 0. The molecular formula is C10H8N2. The van der Waals surface area contributed by atoms with Crippen molar-refractivity contribution in [1.29, 1.82) is 0 Å². The van der Waals surface area contributed by atoms with Crippen molar-refractivity contribution >= 4 is 6.21 Å². The van der Waals surface area contributed by atoms with Gasteiger partial charge in [0, 0.05) is 25.0 Å². The normalized spacial score (nSPS) is 29.0. The lowest BCUT2D eigenvalue weighted by Crippen LogP contribution is -2.07. The smallest absolute Gasteiger partial charge is 0.0643 e. The van der Waals surface area contributed by atoms with Gasteiger partial charge in [-0.05, 0) is 17.7 Å². The lowest BCUT2D eigenvalue weighted by Gasteiger charge is -2.08. The van der Waals surface area contributed by atoms with Crippen LogP contribution >= 0.6 is 0 Å². The van der Waals surface area contributed by atoms with Crippen LogP contribution in [0, 0.1) is 0 Å².